The molecule has 4 aliphatic heterocycles. The highest BCUT2D eigenvalue weighted by atomic mass is 19.4. The van der Waals surface area contributed by atoms with Gasteiger partial charge in [0.1, 0.15) is 36.6 Å². The minimum absolute atomic E-state index is 0.0654. The number of pyridine rings is 1. The van der Waals surface area contributed by atoms with E-state index in [1.54, 1.807) is 69.2 Å². The van der Waals surface area contributed by atoms with Crippen LogP contribution in [0.25, 0.3) is 33.4 Å². The normalized spacial score (nSPS) is 21.6. The first kappa shape index (κ1) is 54.0. The average molecular weight is 1030 g/mol. The number of hydrogen-bond acceptors (Lipinski definition) is 12. The molecule has 5 atom stereocenters. The van der Waals surface area contributed by atoms with Crippen molar-refractivity contribution >= 4 is 40.5 Å². The number of ether oxygens (including phenoxy) is 2. The highest BCUT2D eigenvalue weighted by Crippen LogP contribution is 2.43. The third-order valence-electron chi connectivity index (χ3n) is 14.8. The SMILES string of the molecule is CO[C@@H](C)c1ncccc1-c1c2c3cc(ccc3n1CC(F)(F)F)-c1coc(n1)C[C@H](NC(=O)[C@H](C(C)C)N(C)C(=O)[C@H]1CCN(C(=O)C#CC(C)(C)N3CCC3)C1)C(=O)N1CCC[C@H](N1)C(=O)OCC(C)(C)C2. The molecule has 3 aromatic heterocycles. The monoisotopic (exact) mass is 1030 g/mol. The summed E-state index contributed by atoms with van der Waals surface area (Å²) < 4.78 is 63.0. The van der Waals surface area contributed by atoms with E-state index < -0.39 is 77.5 Å². The number of halogens is 3. The Morgan fingerprint density at radius 2 is 1.81 bits per heavy atom. The molecule has 17 nitrogen and oxygen atoms in total. The van der Waals surface area contributed by atoms with Crippen molar-refractivity contribution in [1.82, 2.24) is 45.0 Å². The van der Waals surface area contributed by atoms with Crippen LogP contribution in [0.5, 0.6) is 0 Å². The number of likely N-dealkylation sites (tertiary alicyclic amines) is 2. The van der Waals surface area contributed by atoms with Crippen molar-refractivity contribution in [3.63, 3.8) is 0 Å². The van der Waals surface area contributed by atoms with E-state index in [1.165, 1.54) is 27.8 Å². The maximum Gasteiger partial charge on any atom is 0.406 e. The molecule has 4 amide bonds. The van der Waals surface area contributed by atoms with Crippen molar-refractivity contribution < 1.29 is 51.0 Å². The van der Waals surface area contributed by atoms with Crippen molar-refractivity contribution in [2.45, 2.75) is 129 Å². The number of hydrazine groups is 1. The Balaban J connectivity index is 1.12. The van der Waals surface area contributed by atoms with Gasteiger partial charge in [-0.15, -0.1) is 0 Å². The van der Waals surface area contributed by atoms with E-state index in [0.29, 0.717) is 70.5 Å². The van der Waals surface area contributed by atoms with E-state index in [0.717, 1.165) is 19.5 Å². The molecule has 0 aliphatic carbocycles. The third-order valence-corrected chi connectivity index (χ3v) is 14.8. The maximum atomic E-state index is 14.7. The summed E-state index contributed by atoms with van der Waals surface area (Å²) in [5, 5.41) is 4.69. The molecule has 0 spiro atoms. The molecule has 0 radical (unpaired) electrons. The van der Waals surface area contributed by atoms with Gasteiger partial charge in [-0.25, -0.2) is 10.4 Å². The molecular formula is C54H68F3N9O8. The van der Waals surface area contributed by atoms with E-state index in [4.69, 9.17) is 18.9 Å². The zero-order valence-electron chi connectivity index (χ0n) is 43.7. The first-order chi connectivity index (χ1) is 34.9. The largest absolute Gasteiger partial charge is 0.464 e. The lowest BCUT2D eigenvalue weighted by atomic mass is 9.84. The van der Waals surface area contributed by atoms with Gasteiger partial charge >= 0.3 is 12.1 Å². The number of alkyl halides is 3. The second-order valence-electron chi connectivity index (χ2n) is 21.8. The molecule has 1 aromatic carbocycles. The van der Waals surface area contributed by atoms with Gasteiger partial charge in [-0.1, -0.05) is 39.7 Å². The van der Waals surface area contributed by atoms with Gasteiger partial charge in [-0.2, -0.15) is 13.2 Å². The van der Waals surface area contributed by atoms with Crippen molar-refractivity contribution in [3.8, 4) is 34.4 Å². The average Bonchev–Trinajstić information content (AvgIpc) is 4.09. The molecular weight excluding hydrogens is 960 g/mol. The zero-order valence-corrected chi connectivity index (χ0v) is 43.7. The molecule has 3 fully saturated rings. The van der Waals surface area contributed by atoms with Gasteiger partial charge in [-0.05, 0) is 94.5 Å². The summed E-state index contributed by atoms with van der Waals surface area (Å²) >= 11 is 0. The van der Waals surface area contributed by atoms with Crippen molar-refractivity contribution in [1.29, 1.82) is 0 Å². The number of oxazole rings is 1. The molecule has 4 aromatic rings. The number of nitrogens with zero attached hydrogens (tertiary/aromatic N) is 7. The Morgan fingerprint density at radius 3 is 2.50 bits per heavy atom. The number of carbonyl (C=O) groups is 5. The summed E-state index contributed by atoms with van der Waals surface area (Å²) in [6.45, 7) is 14.2. The van der Waals surface area contributed by atoms with Crippen LogP contribution in [0, 0.1) is 29.1 Å². The molecule has 2 N–H and O–H groups in total. The molecule has 8 rings (SSSR count). The number of cyclic esters (lactones) is 1. The van der Waals surface area contributed by atoms with Gasteiger partial charge in [-0.3, -0.25) is 38.9 Å². The maximum absolute atomic E-state index is 14.7. The molecule has 20 heteroatoms. The lowest BCUT2D eigenvalue weighted by Crippen LogP contribution is -2.62. The third kappa shape index (κ3) is 11.6. The standard InChI is InChI=1S/C54H68F3N9O8/c1-32(2)46(62(8)49(69)35-18-24-63(28-35)44(67)17-19-53(6,7)64-21-12-22-64)48(68)60-40-26-43-59-41(29-73-43)34-15-16-42-37(25-34)38(27-52(4,5)31-74-51(71)39-14-11-23-66(61-39)50(40)70)47(65(42)30-54(55,56)57)36-13-10-20-58-45(36)33(3)72-9/h10,13,15-16,20,25,29,32-33,35,39-40,46,61H,11-12,14,18,21-24,26-28,30-31H2,1-9H3,(H,60,68)/t33-,35-,39-,40-,46-/m0/s1. The number of hydrogen-bond donors (Lipinski definition) is 2. The summed E-state index contributed by atoms with van der Waals surface area (Å²) in [7, 11) is 3.05. The zero-order chi connectivity index (χ0) is 53.4. The topological polar surface area (TPSA) is 185 Å². The Morgan fingerprint density at radius 1 is 1.05 bits per heavy atom. The summed E-state index contributed by atoms with van der Waals surface area (Å²) in [4.78, 5) is 85.1. The number of likely N-dealkylation sites (N-methyl/N-ethyl adjacent to an activating group) is 1. The predicted molar refractivity (Wildman–Crippen MR) is 268 cm³/mol. The van der Waals surface area contributed by atoms with Gasteiger partial charge in [0.05, 0.1) is 42.0 Å². The fourth-order valence-electron chi connectivity index (χ4n) is 10.6. The van der Waals surface area contributed by atoms with Crippen LogP contribution in [0.1, 0.15) is 97.4 Å². The van der Waals surface area contributed by atoms with Crippen LogP contribution in [-0.2, 0) is 52.8 Å². The van der Waals surface area contributed by atoms with Crippen LogP contribution < -0.4 is 10.7 Å². The quantitative estimate of drug-likeness (QED) is 0.138. The molecule has 4 aliphatic rings. The van der Waals surface area contributed by atoms with E-state index in [1.807, 2.05) is 27.7 Å². The van der Waals surface area contributed by atoms with Gasteiger partial charge in [0.15, 0.2) is 5.89 Å². The second-order valence-corrected chi connectivity index (χ2v) is 21.8. The number of nitrogens with one attached hydrogen (secondary N) is 2. The fourth-order valence-corrected chi connectivity index (χ4v) is 10.6. The fraction of sp³-hybridized carbons (Fsp3) is 0.574. The number of carbonyl (C=O) groups excluding carboxylic acids is 5. The Hall–Kier alpha value is -6.30. The lowest BCUT2D eigenvalue weighted by molar-refractivity contribution is -0.155. The van der Waals surface area contributed by atoms with Crippen molar-refractivity contribution in [2.75, 3.05) is 53.5 Å². The van der Waals surface area contributed by atoms with E-state index in [2.05, 4.69) is 32.5 Å². The number of benzene rings is 1. The number of rotatable bonds is 10. The van der Waals surface area contributed by atoms with Gasteiger partial charge < -0.3 is 33.6 Å². The second kappa shape index (κ2) is 21.5. The first-order valence-corrected chi connectivity index (χ1v) is 25.5. The number of fused-ring (bicyclic) bond motifs is 6. The van der Waals surface area contributed by atoms with Crippen molar-refractivity contribution in [2.24, 2.45) is 17.3 Å². The lowest BCUT2D eigenvalue weighted by Gasteiger charge is -2.41. The van der Waals surface area contributed by atoms with Gasteiger partial charge in [0.25, 0.3) is 11.8 Å². The molecule has 0 saturated carbocycles. The van der Waals surface area contributed by atoms with Gasteiger partial charge in [0.2, 0.25) is 11.8 Å². The Labute approximate surface area is 429 Å². The Bertz CT molecular complexity index is 2840. The van der Waals surface area contributed by atoms with E-state index >= 15 is 0 Å². The molecule has 398 valence electrons. The van der Waals surface area contributed by atoms with E-state index in [9.17, 15) is 37.1 Å². The van der Waals surface area contributed by atoms with Crippen LogP contribution in [0.15, 0.2) is 47.2 Å². The van der Waals surface area contributed by atoms with Crippen molar-refractivity contribution in [3.05, 3.63) is 59.9 Å². The highest BCUT2D eigenvalue weighted by molar-refractivity contribution is 5.97. The highest BCUT2D eigenvalue weighted by Gasteiger charge is 2.42. The van der Waals surface area contributed by atoms with Crippen LogP contribution >= 0.6 is 0 Å². The minimum atomic E-state index is -4.62. The Kier molecular flexibility index (Phi) is 15.7. The molecule has 7 heterocycles. The van der Waals surface area contributed by atoms with Crippen LogP contribution in [-0.4, -0.2) is 147 Å². The van der Waals surface area contributed by atoms with Crippen LogP contribution in [0.2, 0.25) is 0 Å². The minimum Gasteiger partial charge on any atom is -0.464 e. The smallest absolute Gasteiger partial charge is 0.406 e. The van der Waals surface area contributed by atoms with E-state index in [-0.39, 0.29) is 50.2 Å². The summed E-state index contributed by atoms with van der Waals surface area (Å²) in [5.41, 5.74) is 4.65. The van der Waals surface area contributed by atoms with Crippen LogP contribution in [0.3, 0.4) is 0 Å². The molecule has 6 bridgehead atoms. The summed E-state index contributed by atoms with van der Waals surface area (Å²) in [6, 6.07) is 5.13. The first-order valence-electron chi connectivity index (χ1n) is 25.5. The van der Waals surface area contributed by atoms with Crippen LogP contribution in [0.4, 0.5) is 13.2 Å². The molecule has 3 saturated heterocycles. The number of esters is 1. The number of amides is 4. The summed E-state index contributed by atoms with van der Waals surface area (Å²) in [5.74, 6) is 2.45. The number of aromatic nitrogens is 3. The molecule has 74 heavy (non-hydrogen) atoms. The summed E-state index contributed by atoms with van der Waals surface area (Å²) in [6.07, 6.45) is -0.0726. The van der Waals surface area contributed by atoms with Gasteiger partial charge in [0, 0.05) is 80.5 Å². The predicted octanol–water partition coefficient (Wildman–Crippen LogP) is 6.10. The molecule has 0 unspecified atom stereocenters. The number of methoxy groups -OCH3 is 1.